The first-order valence-corrected chi connectivity index (χ1v) is 6.19. The molecule has 0 saturated carbocycles. The number of alkyl halides is 3. The van der Waals surface area contributed by atoms with Crippen LogP contribution < -0.4 is 10.5 Å². The maximum absolute atomic E-state index is 13.2. The molecule has 0 radical (unpaired) electrons. The van der Waals surface area contributed by atoms with Crippen molar-refractivity contribution in [3.05, 3.63) is 58.4 Å². The maximum Gasteiger partial charge on any atom is 0.420 e. The van der Waals surface area contributed by atoms with E-state index in [1.165, 1.54) is 18.2 Å². The van der Waals surface area contributed by atoms with Gasteiger partial charge in [0.2, 0.25) is 0 Å². The van der Waals surface area contributed by atoms with Crippen molar-refractivity contribution in [1.82, 2.24) is 0 Å². The minimum absolute atomic E-state index is 0.0292. The fraction of sp³-hybridized carbons (Fsp3) is 0.143. The Kier molecular flexibility index (Phi) is 4.27. The molecule has 0 fully saturated rings. The Morgan fingerprint density at radius 2 is 1.86 bits per heavy atom. The Morgan fingerprint density at radius 3 is 2.52 bits per heavy atom. The first-order chi connectivity index (χ1) is 9.79. The van der Waals surface area contributed by atoms with Crippen molar-refractivity contribution in [2.24, 2.45) is 0 Å². The molecule has 2 rings (SSSR count). The van der Waals surface area contributed by atoms with E-state index in [4.69, 9.17) is 22.1 Å². The highest BCUT2D eigenvalue weighted by atomic mass is 35.5. The van der Waals surface area contributed by atoms with Crippen LogP contribution in [0.1, 0.15) is 11.1 Å². The summed E-state index contributed by atoms with van der Waals surface area (Å²) in [5, 5.41) is -0.179. The molecular weight excluding hydrogens is 310 g/mol. The number of ether oxygens (including phenoxy) is 1. The standard InChI is InChI=1S/C14H10ClF4NO/c15-13-8(2-1-3-11(13)16)7-21-12-5-4-9(20)6-10(12)14(17,18)19/h1-6H,7,20H2. The highest BCUT2D eigenvalue weighted by Gasteiger charge is 2.34. The molecule has 0 spiro atoms. The summed E-state index contributed by atoms with van der Waals surface area (Å²) < 4.78 is 57.0. The number of halogens is 5. The van der Waals surface area contributed by atoms with Crippen molar-refractivity contribution in [3.63, 3.8) is 0 Å². The highest BCUT2D eigenvalue weighted by Crippen LogP contribution is 2.37. The van der Waals surface area contributed by atoms with Gasteiger partial charge in [-0.3, -0.25) is 0 Å². The lowest BCUT2D eigenvalue weighted by Crippen LogP contribution is -2.09. The van der Waals surface area contributed by atoms with Crippen LogP contribution in [0.5, 0.6) is 5.75 Å². The summed E-state index contributed by atoms with van der Waals surface area (Å²) in [4.78, 5) is 0. The molecule has 112 valence electrons. The summed E-state index contributed by atoms with van der Waals surface area (Å²) in [6.07, 6.45) is -4.60. The number of benzene rings is 2. The molecule has 0 aliphatic heterocycles. The molecule has 7 heteroatoms. The summed E-state index contributed by atoms with van der Waals surface area (Å²) in [5.41, 5.74) is 4.58. The Labute approximate surface area is 123 Å². The van der Waals surface area contributed by atoms with Crippen LogP contribution in [0.2, 0.25) is 5.02 Å². The minimum atomic E-state index is -4.60. The van der Waals surface area contributed by atoms with E-state index in [1.807, 2.05) is 0 Å². The predicted octanol–water partition coefficient (Wildman–Crippen LogP) is 4.66. The fourth-order valence-corrected chi connectivity index (χ4v) is 1.89. The minimum Gasteiger partial charge on any atom is -0.488 e. The highest BCUT2D eigenvalue weighted by molar-refractivity contribution is 6.31. The van der Waals surface area contributed by atoms with Crippen molar-refractivity contribution < 1.29 is 22.3 Å². The molecule has 0 aliphatic carbocycles. The van der Waals surface area contributed by atoms with Crippen LogP contribution in [0.4, 0.5) is 23.2 Å². The zero-order chi connectivity index (χ0) is 15.6. The summed E-state index contributed by atoms with van der Waals surface area (Å²) in [5.74, 6) is -1.05. The Bertz CT molecular complexity index is 658. The van der Waals surface area contributed by atoms with Gasteiger partial charge in [0.1, 0.15) is 18.2 Å². The molecule has 2 aromatic carbocycles. The van der Waals surface area contributed by atoms with Crippen molar-refractivity contribution in [1.29, 1.82) is 0 Å². The quantitative estimate of drug-likeness (QED) is 0.659. The molecule has 0 bridgehead atoms. The van der Waals surface area contributed by atoms with E-state index in [-0.39, 0.29) is 22.9 Å². The van der Waals surface area contributed by atoms with Gasteiger partial charge in [0.15, 0.2) is 0 Å². The van der Waals surface area contributed by atoms with E-state index in [2.05, 4.69) is 0 Å². The van der Waals surface area contributed by atoms with Gasteiger partial charge in [-0.05, 0) is 24.3 Å². The van der Waals surface area contributed by atoms with E-state index in [1.54, 1.807) is 0 Å². The van der Waals surface area contributed by atoms with E-state index >= 15 is 0 Å². The molecule has 0 atom stereocenters. The molecular formula is C14H10ClF4NO. The zero-order valence-corrected chi connectivity index (χ0v) is 11.3. The van der Waals surface area contributed by atoms with E-state index in [0.717, 1.165) is 18.2 Å². The number of nitrogen functional groups attached to an aromatic ring is 1. The lowest BCUT2D eigenvalue weighted by molar-refractivity contribution is -0.139. The van der Waals surface area contributed by atoms with E-state index in [0.29, 0.717) is 0 Å². The van der Waals surface area contributed by atoms with Gasteiger partial charge in [-0.25, -0.2) is 4.39 Å². The summed E-state index contributed by atoms with van der Waals surface area (Å²) >= 11 is 5.72. The van der Waals surface area contributed by atoms with Gasteiger partial charge >= 0.3 is 6.18 Å². The fourth-order valence-electron chi connectivity index (χ4n) is 1.71. The smallest absolute Gasteiger partial charge is 0.420 e. The third kappa shape index (κ3) is 3.58. The van der Waals surface area contributed by atoms with Gasteiger partial charge in [-0.15, -0.1) is 0 Å². The SMILES string of the molecule is Nc1ccc(OCc2cccc(F)c2Cl)c(C(F)(F)F)c1. The molecule has 2 nitrogen and oxygen atoms in total. The van der Waals surface area contributed by atoms with Crippen molar-refractivity contribution in [2.45, 2.75) is 12.8 Å². The second-order valence-electron chi connectivity index (χ2n) is 4.25. The molecule has 0 unspecified atom stereocenters. The first kappa shape index (κ1) is 15.4. The van der Waals surface area contributed by atoms with E-state index in [9.17, 15) is 17.6 Å². The van der Waals surface area contributed by atoms with Crippen LogP contribution in [0.15, 0.2) is 36.4 Å². The second kappa shape index (κ2) is 5.81. The van der Waals surface area contributed by atoms with Gasteiger partial charge in [0, 0.05) is 11.3 Å². The average Bonchev–Trinajstić information content (AvgIpc) is 2.40. The molecule has 0 saturated heterocycles. The van der Waals surface area contributed by atoms with Crippen LogP contribution in [0, 0.1) is 5.82 Å². The third-order valence-electron chi connectivity index (χ3n) is 2.72. The Morgan fingerprint density at radius 1 is 1.14 bits per heavy atom. The van der Waals surface area contributed by atoms with Gasteiger partial charge in [-0.2, -0.15) is 13.2 Å². The largest absolute Gasteiger partial charge is 0.488 e. The second-order valence-corrected chi connectivity index (χ2v) is 4.63. The van der Waals surface area contributed by atoms with Crippen molar-refractivity contribution >= 4 is 17.3 Å². The molecule has 0 heterocycles. The summed E-state index contributed by atoms with van der Waals surface area (Å²) in [7, 11) is 0. The predicted molar refractivity (Wildman–Crippen MR) is 71.6 cm³/mol. The maximum atomic E-state index is 13.2. The average molecular weight is 320 g/mol. The third-order valence-corrected chi connectivity index (χ3v) is 3.15. The Hall–Kier alpha value is -1.95. The van der Waals surface area contributed by atoms with Crippen molar-refractivity contribution in [2.75, 3.05) is 5.73 Å². The molecule has 0 amide bonds. The van der Waals surface area contributed by atoms with Crippen LogP contribution in [0.25, 0.3) is 0 Å². The lowest BCUT2D eigenvalue weighted by Gasteiger charge is -2.15. The monoisotopic (exact) mass is 319 g/mol. The molecule has 0 aromatic heterocycles. The number of hydrogen-bond acceptors (Lipinski definition) is 2. The van der Waals surface area contributed by atoms with Crippen LogP contribution in [-0.4, -0.2) is 0 Å². The van der Waals surface area contributed by atoms with Gasteiger partial charge in [0.25, 0.3) is 0 Å². The summed E-state index contributed by atoms with van der Waals surface area (Å²) in [6, 6.07) is 7.20. The number of nitrogens with two attached hydrogens (primary N) is 1. The van der Waals surface area contributed by atoms with Crippen LogP contribution in [-0.2, 0) is 12.8 Å². The molecule has 0 aliphatic rings. The zero-order valence-electron chi connectivity index (χ0n) is 10.5. The van der Waals surface area contributed by atoms with Gasteiger partial charge in [0.05, 0.1) is 10.6 Å². The number of anilines is 1. The topological polar surface area (TPSA) is 35.2 Å². The van der Waals surface area contributed by atoms with Gasteiger partial charge in [-0.1, -0.05) is 23.7 Å². The lowest BCUT2D eigenvalue weighted by atomic mass is 10.1. The number of hydrogen-bond donors (Lipinski definition) is 1. The van der Waals surface area contributed by atoms with Crippen LogP contribution in [0.3, 0.4) is 0 Å². The van der Waals surface area contributed by atoms with Crippen LogP contribution >= 0.6 is 11.6 Å². The summed E-state index contributed by atoms with van der Waals surface area (Å²) in [6.45, 7) is -0.288. The Balaban J connectivity index is 2.26. The molecule has 2 aromatic rings. The number of rotatable bonds is 3. The van der Waals surface area contributed by atoms with Crippen molar-refractivity contribution in [3.8, 4) is 5.75 Å². The van der Waals surface area contributed by atoms with E-state index < -0.39 is 23.3 Å². The molecule has 21 heavy (non-hydrogen) atoms. The van der Waals surface area contributed by atoms with Gasteiger partial charge < -0.3 is 10.5 Å². The first-order valence-electron chi connectivity index (χ1n) is 5.81. The normalized spacial score (nSPS) is 11.5. The molecule has 2 N–H and O–H groups in total.